The van der Waals surface area contributed by atoms with Gasteiger partial charge in [-0.15, -0.1) is 0 Å². The quantitative estimate of drug-likeness (QED) is 0.717. The zero-order valence-corrected chi connectivity index (χ0v) is 14.4. The molecule has 2 rings (SSSR count). The third-order valence-electron chi connectivity index (χ3n) is 5.31. The summed E-state index contributed by atoms with van der Waals surface area (Å²) in [4.78, 5) is 0. The van der Waals surface area contributed by atoms with Crippen molar-refractivity contribution in [1.82, 2.24) is 5.32 Å². The van der Waals surface area contributed by atoms with Crippen molar-refractivity contribution in [2.24, 2.45) is 5.41 Å². The highest BCUT2D eigenvalue weighted by atomic mass is 14.9. The van der Waals surface area contributed by atoms with Crippen LogP contribution in [0.4, 0.5) is 0 Å². The highest BCUT2D eigenvalue weighted by Crippen LogP contribution is 2.41. The second-order valence-electron chi connectivity index (χ2n) is 7.47. The van der Waals surface area contributed by atoms with E-state index in [2.05, 4.69) is 57.3 Å². The van der Waals surface area contributed by atoms with Gasteiger partial charge in [0.25, 0.3) is 0 Å². The van der Waals surface area contributed by atoms with Crippen molar-refractivity contribution in [3.05, 3.63) is 35.4 Å². The monoisotopic (exact) mass is 287 g/mol. The molecule has 1 aliphatic rings. The van der Waals surface area contributed by atoms with E-state index in [1.807, 2.05) is 0 Å². The Morgan fingerprint density at radius 1 is 1.10 bits per heavy atom. The maximum Gasteiger partial charge on any atom is 0.0161 e. The molecule has 1 atom stereocenters. The van der Waals surface area contributed by atoms with Crippen molar-refractivity contribution in [1.29, 1.82) is 0 Å². The van der Waals surface area contributed by atoms with Gasteiger partial charge in [0.1, 0.15) is 0 Å². The van der Waals surface area contributed by atoms with Crippen LogP contribution in [0.15, 0.2) is 24.3 Å². The predicted molar refractivity (Wildman–Crippen MR) is 92.9 cm³/mol. The van der Waals surface area contributed by atoms with E-state index in [0.717, 1.165) is 6.54 Å². The number of nitrogens with one attached hydrogen (secondary N) is 1. The highest BCUT2D eigenvalue weighted by Gasteiger charge is 2.36. The Labute approximate surface area is 131 Å². The lowest BCUT2D eigenvalue weighted by Gasteiger charge is -2.35. The Hall–Kier alpha value is -0.820. The SMILES string of the molecule is CCCNC(Cc1ccc(C(C)C)cc1)C1(C)CCCC1. The van der Waals surface area contributed by atoms with Crippen LogP contribution in [-0.4, -0.2) is 12.6 Å². The molecule has 0 amide bonds. The molecule has 1 heteroatoms. The first kappa shape index (κ1) is 16.5. The van der Waals surface area contributed by atoms with Gasteiger partial charge in [-0.05, 0) is 54.7 Å². The number of rotatable bonds is 7. The van der Waals surface area contributed by atoms with Crippen LogP contribution < -0.4 is 5.32 Å². The van der Waals surface area contributed by atoms with Gasteiger partial charge in [0, 0.05) is 6.04 Å². The summed E-state index contributed by atoms with van der Waals surface area (Å²) in [5, 5.41) is 3.84. The molecule has 118 valence electrons. The van der Waals surface area contributed by atoms with Gasteiger partial charge in [0.15, 0.2) is 0 Å². The molecule has 1 nitrogen and oxygen atoms in total. The first-order valence-corrected chi connectivity index (χ1v) is 8.87. The zero-order valence-electron chi connectivity index (χ0n) is 14.4. The molecule has 1 aromatic rings. The van der Waals surface area contributed by atoms with E-state index < -0.39 is 0 Å². The summed E-state index contributed by atoms with van der Waals surface area (Å²) in [6.45, 7) is 10.4. The molecule has 1 N–H and O–H groups in total. The van der Waals surface area contributed by atoms with Crippen molar-refractivity contribution >= 4 is 0 Å². The largest absolute Gasteiger partial charge is 0.313 e. The standard InChI is InChI=1S/C20H33N/c1-5-14-21-19(20(4)12-6-7-13-20)15-17-8-10-18(11-9-17)16(2)3/h8-11,16,19,21H,5-7,12-15H2,1-4H3. The minimum atomic E-state index is 0.492. The van der Waals surface area contributed by atoms with Crippen LogP contribution in [0, 0.1) is 5.41 Å². The van der Waals surface area contributed by atoms with Crippen molar-refractivity contribution in [2.45, 2.75) is 78.2 Å². The first-order valence-electron chi connectivity index (χ1n) is 8.87. The molecule has 1 aromatic carbocycles. The van der Waals surface area contributed by atoms with Crippen LogP contribution >= 0.6 is 0 Å². The topological polar surface area (TPSA) is 12.0 Å². The molecule has 1 fully saturated rings. The Morgan fingerprint density at radius 3 is 2.24 bits per heavy atom. The molecule has 0 bridgehead atoms. The van der Waals surface area contributed by atoms with Gasteiger partial charge in [0.05, 0.1) is 0 Å². The third-order valence-corrected chi connectivity index (χ3v) is 5.31. The second-order valence-corrected chi connectivity index (χ2v) is 7.47. The predicted octanol–water partition coefficient (Wildman–Crippen LogP) is 5.30. The maximum atomic E-state index is 3.84. The van der Waals surface area contributed by atoms with E-state index in [-0.39, 0.29) is 0 Å². The van der Waals surface area contributed by atoms with E-state index in [1.54, 1.807) is 0 Å². The fourth-order valence-electron chi connectivity index (χ4n) is 3.69. The Bertz CT molecular complexity index is 412. The average Bonchev–Trinajstić information content (AvgIpc) is 2.92. The molecule has 0 aromatic heterocycles. The number of hydrogen-bond acceptors (Lipinski definition) is 1. The first-order chi connectivity index (χ1) is 10.0. The van der Waals surface area contributed by atoms with E-state index >= 15 is 0 Å². The molecular formula is C20H33N. The molecule has 0 radical (unpaired) electrons. The van der Waals surface area contributed by atoms with Crippen LogP contribution in [0.5, 0.6) is 0 Å². The molecule has 1 aliphatic carbocycles. The van der Waals surface area contributed by atoms with Gasteiger partial charge in [-0.2, -0.15) is 0 Å². The lowest BCUT2D eigenvalue weighted by molar-refractivity contribution is 0.219. The summed E-state index contributed by atoms with van der Waals surface area (Å²) in [7, 11) is 0. The van der Waals surface area contributed by atoms with E-state index in [9.17, 15) is 0 Å². The number of hydrogen-bond donors (Lipinski definition) is 1. The fourth-order valence-corrected chi connectivity index (χ4v) is 3.69. The third kappa shape index (κ3) is 4.32. The van der Waals surface area contributed by atoms with Crippen LogP contribution in [0.3, 0.4) is 0 Å². The minimum absolute atomic E-state index is 0.492. The van der Waals surface area contributed by atoms with Gasteiger partial charge in [0.2, 0.25) is 0 Å². The van der Waals surface area contributed by atoms with Crippen molar-refractivity contribution < 1.29 is 0 Å². The van der Waals surface area contributed by atoms with Gasteiger partial charge >= 0.3 is 0 Å². The highest BCUT2D eigenvalue weighted by molar-refractivity contribution is 5.25. The van der Waals surface area contributed by atoms with Crippen molar-refractivity contribution in [3.63, 3.8) is 0 Å². The van der Waals surface area contributed by atoms with Crippen LogP contribution in [0.1, 0.15) is 76.8 Å². The summed E-state index contributed by atoms with van der Waals surface area (Å²) in [5.41, 5.74) is 3.43. The molecule has 0 spiro atoms. The van der Waals surface area contributed by atoms with Gasteiger partial charge < -0.3 is 5.32 Å². The fraction of sp³-hybridized carbons (Fsp3) is 0.700. The summed E-state index contributed by atoms with van der Waals surface area (Å²) in [5.74, 6) is 0.625. The normalized spacial score (nSPS) is 19.1. The van der Waals surface area contributed by atoms with Gasteiger partial charge in [-0.1, -0.05) is 64.8 Å². The average molecular weight is 287 g/mol. The summed E-state index contributed by atoms with van der Waals surface area (Å²) in [6, 6.07) is 9.94. The van der Waals surface area contributed by atoms with Crippen LogP contribution in [0.2, 0.25) is 0 Å². The van der Waals surface area contributed by atoms with Crippen molar-refractivity contribution in [2.75, 3.05) is 6.54 Å². The minimum Gasteiger partial charge on any atom is -0.313 e. The van der Waals surface area contributed by atoms with Gasteiger partial charge in [-0.3, -0.25) is 0 Å². The van der Waals surface area contributed by atoms with E-state index in [4.69, 9.17) is 0 Å². The summed E-state index contributed by atoms with van der Waals surface area (Å²) >= 11 is 0. The second kappa shape index (κ2) is 7.45. The summed E-state index contributed by atoms with van der Waals surface area (Å²) < 4.78 is 0. The van der Waals surface area contributed by atoms with Crippen LogP contribution in [-0.2, 0) is 6.42 Å². The van der Waals surface area contributed by atoms with Crippen LogP contribution in [0.25, 0.3) is 0 Å². The lowest BCUT2D eigenvalue weighted by Crippen LogP contribution is -2.44. The zero-order chi connectivity index (χ0) is 15.3. The summed E-state index contributed by atoms with van der Waals surface area (Å²) in [6.07, 6.45) is 7.99. The van der Waals surface area contributed by atoms with E-state index in [1.165, 1.54) is 49.7 Å². The maximum absolute atomic E-state index is 3.84. The Kier molecular flexibility index (Phi) is 5.87. The molecular weight excluding hydrogens is 254 g/mol. The van der Waals surface area contributed by atoms with E-state index in [0.29, 0.717) is 17.4 Å². The molecule has 0 heterocycles. The molecule has 0 aliphatic heterocycles. The molecule has 0 saturated heterocycles. The Morgan fingerprint density at radius 2 is 1.71 bits per heavy atom. The number of benzene rings is 1. The lowest BCUT2D eigenvalue weighted by atomic mass is 9.77. The van der Waals surface area contributed by atoms with Crippen molar-refractivity contribution in [3.8, 4) is 0 Å². The smallest absolute Gasteiger partial charge is 0.0161 e. The van der Waals surface area contributed by atoms with Gasteiger partial charge in [-0.25, -0.2) is 0 Å². The Balaban J connectivity index is 2.07. The molecule has 1 unspecified atom stereocenters. The molecule has 21 heavy (non-hydrogen) atoms. The molecule has 1 saturated carbocycles.